The molecule has 14 heavy (non-hydrogen) atoms. The zero-order chi connectivity index (χ0) is 11.0. The van der Waals surface area contributed by atoms with Crippen LogP contribution in [0.25, 0.3) is 0 Å². The molecule has 0 unspecified atom stereocenters. The summed E-state index contributed by atoms with van der Waals surface area (Å²) in [5.74, 6) is -0.169. The maximum absolute atomic E-state index is 11.2. The second-order valence-electron chi connectivity index (χ2n) is 3.36. The van der Waals surface area contributed by atoms with Gasteiger partial charge in [-0.15, -0.1) is 0 Å². The minimum absolute atomic E-state index is 0.169. The number of hydrogen-bond acceptors (Lipinski definition) is 4. The molecule has 0 saturated heterocycles. The molecule has 0 aromatic heterocycles. The molecule has 84 valence electrons. The van der Waals surface area contributed by atoms with Crippen molar-refractivity contribution >= 4 is 5.97 Å². The molecule has 0 amide bonds. The van der Waals surface area contributed by atoms with Crippen LogP contribution < -0.4 is 0 Å². The van der Waals surface area contributed by atoms with E-state index in [9.17, 15) is 4.79 Å². The first-order valence-corrected chi connectivity index (χ1v) is 5.00. The van der Waals surface area contributed by atoms with Gasteiger partial charge in [0.1, 0.15) is 0 Å². The number of methoxy groups -OCH3 is 1. The van der Waals surface area contributed by atoms with Crippen molar-refractivity contribution in [2.24, 2.45) is 0 Å². The summed E-state index contributed by atoms with van der Waals surface area (Å²) in [4.78, 5) is 13.2. The highest BCUT2D eigenvalue weighted by Gasteiger charge is 2.13. The predicted molar refractivity (Wildman–Crippen MR) is 55.2 cm³/mol. The van der Waals surface area contributed by atoms with Crippen molar-refractivity contribution in [3.05, 3.63) is 0 Å². The van der Waals surface area contributed by atoms with Crippen molar-refractivity contribution in [2.75, 3.05) is 33.4 Å². The molecule has 0 radical (unpaired) electrons. The molecule has 0 aromatic rings. The standard InChI is InChI=1S/C10H21NO3/c1-5-14-10(12)8-11(9(2)3)6-7-13-4/h9H,5-8H2,1-4H3. The van der Waals surface area contributed by atoms with Crippen molar-refractivity contribution in [1.29, 1.82) is 0 Å². The minimum atomic E-state index is -0.169. The Labute approximate surface area is 86.2 Å². The summed E-state index contributed by atoms with van der Waals surface area (Å²) in [5.41, 5.74) is 0. The monoisotopic (exact) mass is 203 g/mol. The molecule has 0 rings (SSSR count). The van der Waals surface area contributed by atoms with E-state index >= 15 is 0 Å². The van der Waals surface area contributed by atoms with Crippen LogP contribution in [0.5, 0.6) is 0 Å². The highest BCUT2D eigenvalue weighted by Crippen LogP contribution is 1.98. The van der Waals surface area contributed by atoms with Crippen LogP contribution in [-0.4, -0.2) is 50.3 Å². The Kier molecular flexibility index (Phi) is 7.42. The van der Waals surface area contributed by atoms with Crippen LogP contribution in [0, 0.1) is 0 Å². The first-order chi connectivity index (χ1) is 6.61. The quantitative estimate of drug-likeness (QED) is 0.576. The molecule has 0 aliphatic heterocycles. The number of carbonyl (C=O) groups excluding carboxylic acids is 1. The van der Waals surface area contributed by atoms with Crippen molar-refractivity contribution in [1.82, 2.24) is 4.90 Å². The van der Waals surface area contributed by atoms with Gasteiger partial charge in [0, 0.05) is 19.7 Å². The first-order valence-electron chi connectivity index (χ1n) is 5.00. The van der Waals surface area contributed by atoms with Gasteiger partial charge in [-0.25, -0.2) is 0 Å². The lowest BCUT2D eigenvalue weighted by atomic mass is 10.3. The third kappa shape index (κ3) is 5.94. The van der Waals surface area contributed by atoms with E-state index in [0.29, 0.717) is 25.8 Å². The molecule has 0 aliphatic rings. The summed E-state index contributed by atoms with van der Waals surface area (Å²) in [6.45, 7) is 8.09. The zero-order valence-electron chi connectivity index (χ0n) is 9.58. The fourth-order valence-corrected chi connectivity index (χ4v) is 1.10. The van der Waals surface area contributed by atoms with Crippen molar-refractivity contribution in [3.63, 3.8) is 0 Å². The van der Waals surface area contributed by atoms with Gasteiger partial charge in [-0.3, -0.25) is 9.69 Å². The van der Waals surface area contributed by atoms with E-state index in [4.69, 9.17) is 9.47 Å². The van der Waals surface area contributed by atoms with Gasteiger partial charge in [0.2, 0.25) is 0 Å². The lowest BCUT2D eigenvalue weighted by Gasteiger charge is -2.24. The first kappa shape index (κ1) is 13.4. The largest absolute Gasteiger partial charge is 0.465 e. The molecule has 0 aromatic carbocycles. The smallest absolute Gasteiger partial charge is 0.320 e. The lowest BCUT2D eigenvalue weighted by Crippen LogP contribution is -2.38. The van der Waals surface area contributed by atoms with Crippen molar-refractivity contribution in [2.45, 2.75) is 26.8 Å². The number of rotatable bonds is 7. The van der Waals surface area contributed by atoms with Crippen LogP contribution in [0.1, 0.15) is 20.8 Å². The molecule has 0 saturated carbocycles. The Morgan fingerprint density at radius 1 is 1.43 bits per heavy atom. The van der Waals surface area contributed by atoms with Gasteiger partial charge in [-0.2, -0.15) is 0 Å². The number of esters is 1. The van der Waals surface area contributed by atoms with Gasteiger partial charge < -0.3 is 9.47 Å². The van der Waals surface area contributed by atoms with E-state index in [1.165, 1.54) is 0 Å². The van der Waals surface area contributed by atoms with E-state index < -0.39 is 0 Å². The molecular weight excluding hydrogens is 182 g/mol. The number of hydrogen-bond donors (Lipinski definition) is 0. The average Bonchev–Trinajstić information content (AvgIpc) is 2.12. The van der Waals surface area contributed by atoms with E-state index in [1.807, 2.05) is 11.8 Å². The van der Waals surface area contributed by atoms with Crippen LogP contribution in [-0.2, 0) is 14.3 Å². The summed E-state index contributed by atoms with van der Waals surface area (Å²) >= 11 is 0. The Morgan fingerprint density at radius 3 is 2.50 bits per heavy atom. The molecule has 0 heterocycles. The fraction of sp³-hybridized carbons (Fsp3) is 0.900. The normalized spacial score (nSPS) is 11.0. The second-order valence-corrected chi connectivity index (χ2v) is 3.36. The number of ether oxygens (including phenoxy) is 2. The van der Waals surface area contributed by atoms with E-state index in [1.54, 1.807) is 7.11 Å². The summed E-state index contributed by atoms with van der Waals surface area (Å²) < 4.78 is 9.85. The van der Waals surface area contributed by atoms with Crippen molar-refractivity contribution in [3.8, 4) is 0 Å². The van der Waals surface area contributed by atoms with Gasteiger partial charge in [0.25, 0.3) is 0 Å². The molecule has 4 nitrogen and oxygen atoms in total. The second kappa shape index (κ2) is 7.76. The Hall–Kier alpha value is -0.610. The zero-order valence-corrected chi connectivity index (χ0v) is 9.58. The van der Waals surface area contributed by atoms with Crippen LogP contribution in [0.4, 0.5) is 0 Å². The van der Waals surface area contributed by atoms with Gasteiger partial charge in [0.05, 0.1) is 19.8 Å². The maximum Gasteiger partial charge on any atom is 0.320 e. The van der Waals surface area contributed by atoms with E-state index in [2.05, 4.69) is 13.8 Å². The van der Waals surface area contributed by atoms with Gasteiger partial charge in [-0.05, 0) is 20.8 Å². The highest BCUT2D eigenvalue weighted by atomic mass is 16.5. The third-order valence-corrected chi connectivity index (χ3v) is 1.95. The Bertz CT molecular complexity index is 159. The Balaban J connectivity index is 3.89. The van der Waals surface area contributed by atoms with Crippen LogP contribution >= 0.6 is 0 Å². The topological polar surface area (TPSA) is 38.8 Å². The number of carbonyl (C=O) groups is 1. The van der Waals surface area contributed by atoms with E-state index in [-0.39, 0.29) is 5.97 Å². The summed E-state index contributed by atoms with van der Waals surface area (Å²) in [6, 6.07) is 0.328. The molecule has 0 aliphatic carbocycles. The fourth-order valence-electron chi connectivity index (χ4n) is 1.10. The maximum atomic E-state index is 11.2. The molecule has 0 N–H and O–H groups in total. The summed E-state index contributed by atoms with van der Waals surface area (Å²) in [7, 11) is 1.66. The van der Waals surface area contributed by atoms with Crippen LogP contribution in [0.3, 0.4) is 0 Å². The molecule has 4 heteroatoms. The lowest BCUT2D eigenvalue weighted by molar-refractivity contribution is -0.145. The molecule has 0 fully saturated rings. The molecular formula is C10H21NO3. The molecule has 0 atom stereocenters. The number of nitrogens with zero attached hydrogens (tertiary/aromatic N) is 1. The minimum Gasteiger partial charge on any atom is -0.465 e. The van der Waals surface area contributed by atoms with Gasteiger partial charge >= 0.3 is 5.97 Å². The Morgan fingerprint density at radius 2 is 2.07 bits per heavy atom. The van der Waals surface area contributed by atoms with Crippen LogP contribution in [0.15, 0.2) is 0 Å². The van der Waals surface area contributed by atoms with E-state index in [0.717, 1.165) is 6.54 Å². The summed E-state index contributed by atoms with van der Waals surface area (Å²) in [5, 5.41) is 0. The third-order valence-electron chi connectivity index (χ3n) is 1.95. The SMILES string of the molecule is CCOC(=O)CN(CCOC)C(C)C. The van der Waals surface area contributed by atoms with Gasteiger partial charge in [0.15, 0.2) is 0 Å². The molecule has 0 spiro atoms. The summed E-state index contributed by atoms with van der Waals surface area (Å²) in [6.07, 6.45) is 0. The highest BCUT2D eigenvalue weighted by molar-refractivity contribution is 5.71. The average molecular weight is 203 g/mol. The van der Waals surface area contributed by atoms with Crippen LogP contribution in [0.2, 0.25) is 0 Å². The van der Waals surface area contributed by atoms with Crippen molar-refractivity contribution < 1.29 is 14.3 Å². The van der Waals surface area contributed by atoms with Gasteiger partial charge in [-0.1, -0.05) is 0 Å². The molecule has 0 bridgehead atoms. The predicted octanol–water partition coefficient (Wildman–Crippen LogP) is 0.906.